The maximum atomic E-state index is 12.8. The number of Topliss-reactive ketones (excluding diaryl/α,β-unsaturated/α-hetero) is 1. The van der Waals surface area contributed by atoms with E-state index in [9.17, 15) is 40.5 Å². The lowest BCUT2D eigenvalue weighted by Crippen LogP contribution is -2.55. The zero-order chi connectivity index (χ0) is 22.4. The van der Waals surface area contributed by atoms with E-state index in [2.05, 4.69) is 0 Å². The summed E-state index contributed by atoms with van der Waals surface area (Å²) in [7, 11) is 0. The molecule has 0 aliphatic carbocycles. The molecule has 4 rings (SSSR count). The SMILES string of the molecule is O=C1C[C@@H](c2ccc(O)cc2)Oc2cc(O)c([C@@H]3O[C@H](CO)[C@@H](O)[C@H](O)[C@H]3O)c(O)c21. The second kappa shape index (κ2) is 7.98. The van der Waals surface area contributed by atoms with Gasteiger partial charge in [0.1, 0.15) is 65.2 Å². The van der Waals surface area contributed by atoms with E-state index < -0.39 is 60.5 Å². The van der Waals surface area contributed by atoms with Crippen LogP contribution >= 0.6 is 0 Å². The van der Waals surface area contributed by atoms with Crippen molar-refractivity contribution in [2.45, 2.75) is 43.0 Å². The fourth-order valence-electron chi connectivity index (χ4n) is 3.97. The molecule has 0 saturated carbocycles. The van der Waals surface area contributed by atoms with E-state index in [4.69, 9.17) is 9.47 Å². The molecule has 1 fully saturated rings. The smallest absolute Gasteiger partial charge is 0.174 e. The summed E-state index contributed by atoms with van der Waals surface area (Å²) >= 11 is 0. The van der Waals surface area contributed by atoms with E-state index in [0.29, 0.717) is 5.56 Å². The number of phenols is 3. The number of ketones is 1. The fraction of sp³-hybridized carbons (Fsp3) is 0.381. The summed E-state index contributed by atoms with van der Waals surface area (Å²) in [6.07, 6.45) is -8.72. The molecule has 7 N–H and O–H groups in total. The van der Waals surface area contributed by atoms with E-state index in [1.165, 1.54) is 12.1 Å². The van der Waals surface area contributed by atoms with Gasteiger partial charge in [-0.05, 0) is 17.7 Å². The van der Waals surface area contributed by atoms with Crippen LogP contribution in [0.25, 0.3) is 0 Å². The molecular weight excluding hydrogens is 412 g/mol. The second-order valence-electron chi connectivity index (χ2n) is 7.61. The van der Waals surface area contributed by atoms with E-state index in [-0.39, 0.29) is 29.0 Å². The number of rotatable bonds is 3. The Morgan fingerprint density at radius 2 is 1.65 bits per heavy atom. The summed E-state index contributed by atoms with van der Waals surface area (Å²) in [5.41, 5.74) is 0.0178. The molecular formula is C21H22O10. The Morgan fingerprint density at radius 1 is 0.968 bits per heavy atom. The van der Waals surface area contributed by atoms with Crippen molar-refractivity contribution in [1.29, 1.82) is 0 Å². The summed E-state index contributed by atoms with van der Waals surface area (Å²) in [5.74, 6) is -1.79. The molecule has 2 heterocycles. The Balaban J connectivity index is 1.72. The maximum absolute atomic E-state index is 12.8. The highest BCUT2D eigenvalue weighted by Gasteiger charge is 2.47. The molecule has 2 aromatic rings. The first kappa shape index (κ1) is 21.3. The Labute approximate surface area is 176 Å². The normalized spacial score (nSPS) is 30.5. The number of aliphatic hydroxyl groups excluding tert-OH is 4. The lowest BCUT2D eigenvalue weighted by atomic mass is 9.87. The van der Waals surface area contributed by atoms with E-state index in [1.54, 1.807) is 12.1 Å². The lowest BCUT2D eigenvalue weighted by molar-refractivity contribution is -0.232. The van der Waals surface area contributed by atoms with Gasteiger partial charge < -0.3 is 45.2 Å². The van der Waals surface area contributed by atoms with Gasteiger partial charge >= 0.3 is 0 Å². The van der Waals surface area contributed by atoms with Crippen LogP contribution in [-0.2, 0) is 4.74 Å². The Hall–Kier alpha value is -2.89. The number of carbonyl (C=O) groups is 1. The number of carbonyl (C=O) groups excluding carboxylic acids is 1. The topological polar surface area (TPSA) is 177 Å². The zero-order valence-corrected chi connectivity index (χ0v) is 16.1. The molecule has 2 aliphatic heterocycles. The molecule has 0 amide bonds. The first-order valence-corrected chi connectivity index (χ1v) is 9.61. The van der Waals surface area contributed by atoms with Crippen LogP contribution in [0.4, 0.5) is 0 Å². The van der Waals surface area contributed by atoms with Crippen LogP contribution in [0, 0.1) is 0 Å². The molecule has 2 aromatic carbocycles. The monoisotopic (exact) mass is 434 g/mol. The average Bonchev–Trinajstić information content (AvgIpc) is 2.73. The number of ether oxygens (including phenoxy) is 2. The number of fused-ring (bicyclic) bond motifs is 1. The Morgan fingerprint density at radius 3 is 2.29 bits per heavy atom. The van der Waals surface area contributed by atoms with E-state index >= 15 is 0 Å². The van der Waals surface area contributed by atoms with Crippen molar-refractivity contribution >= 4 is 5.78 Å². The average molecular weight is 434 g/mol. The zero-order valence-electron chi connectivity index (χ0n) is 16.1. The third kappa shape index (κ3) is 3.58. The van der Waals surface area contributed by atoms with E-state index in [0.717, 1.165) is 6.07 Å². The van der Waals surface area contributed by atoms with Gasteiger partial charge in [0, 0.05) is 6.07 Å². The lowest BCUT2D eigenvalue weighted by Gasteiger charge is -2.40. The molecule has 31 heavy (non-hydrogen) atoms. The summed E-state index contributed by atoms with van der Waals surface area (Å²) < 4.78 is 11.2. The summed E-state index contributed by atoms with van der Waals surface area (Å²) in [6.45, 7) is -0.690. The van der Waals surface area contributed by atoms with Crippen molar-refractivity contribution in [3.63, 3.8) is 0 Å². The minimum absolute atomic E-state index is 0.0470. The van der Waals surface area contributed by atoms with Crippen LogP contribution in [0.1, 0.15) is 40.1 Å². The minimum Gasteiger partial charge on any atom is -0.508 e. The second-order valence-corrected chi connectivity index (χ2v) is 7.61. The van der Waals surface area contributed by atoms with Crippen molar-refractivity contribution in [2.75, 3.05) is 6.61 Å². The van der Waals surface area contributed by atoms with Gasteiger partial charge in [-0.25, -0.2) is 0 Å². The van der Waals surface area contributed by atoms with Crippen molar-refractivity contribution in [2.24, 2.45) is 0 Å². The van der Waals surface area contributed by atoms with Crippen molar-refractivity contribution in [3.05, 3.63) is 47.0 Å². The molecule has 2 aliphatic rings. The number of benzene rings is 2. The van der Waals surface area contributed by atoms with Crippen LogP contribution in [0.15, 0.2) is 30.3 Å². The first-order valence-electron chi connectivity index (χ1n) is 9.61. The Kier molecular flexibility index (Phi) is 5.50. The number of hydrogen-bond donors (Lipinski definition) is 7. The third-order valence-corrected chi connectivity index (χ3v) is 5.64. The van der Waals surface area contributed by atoms with Crippen molar-refractivity contribution < 1.29 is 50.0 Å². The highest BCUT2D eigenvalue weighted by Crippen LogP contribution is 2.49. The van der Waals surface area contributed by atoms with Gasteiger partial charge in [-0.3, -0.25) is 4.79 Å². The number of phenolic OH excluding ortho intramolecular Hbond substituents is 3. The number of aromatic hydroxyl groups is 3. The maximum Gasteiger partial charge on any atom is 0.174 e. The van der Waals surface area contributed by atoms with Crippen LogP contribution < -0.4 is 4.74 Å². The van der Waals surface area contributed by atoms with Crippen LogP contribution in [0.3, 0.4) is 0 Å². The van der Waals surface area contributed by atoms with Crippen molar-refractivity contribution in [3.8, 4) is 23.0 Å². The number of aliphatic hydroxyl groups is 4. The molecule has 166 valence electrons. The number of hydrogen-bond acceptors (Lipinski definition) is 10. The molecule has 0 radical (unpaired) electrons. The van der Waals surface area contributed by atoms with Gasteiger partial charge in [0.2, 0.25) is 0 Å². The van der Waals surface area contributed by atoms with Crippen LogP contribution in [-0.4, -0.2) is 72.6 Å². The molecule has 0 unspecified atom stereocenters. The van der Waals surface area contributed by atoms with Gasteiger partial charge in [0.25, 0.3) is 0 Å². The summed E-state index contributed by atoms with van der Waals surface area (Å²) in [4.78, 5) is 12.8. The molecule has 10 nitrogen and oxygen atoms in total. The fourth-order valence-corrected chi connectivity index (χ4v) is 3.97. The van der Waals surface area contributed by atoms with Gasteiger partial charge in [-0.15, -0.1) is 0 Å². The Bertz CT molecular complexity index is 987. The predicted octanol–water partition coefficient (Wildman–Crippen LogP) is 0.0248. The molecule has 10 heteroatoms. The molecule has 0 aromatic heterocycles. The van der Waals surface area contributed by atoms with Gasteiger partial charge in [0.15, 0.2) is 5.78 Å². The van der Waals surface area contributed by atoms with Gasteiger partial charge in [0.05, 0.1) is 18.6 Å². The quantitative estimate of drug-likeness (QED) is 0.348. The largest absolute Gasteiger partial charge is 0.508 e. The predicted molar refractivity (Wildman–Crippen MR) is 103 cm³/mol. The van der Waals surface area contributed by atoms with Crippen molar-refractivity contribution in [1.82, 2.24) is 0 Å². The third-order valence-electron chi connectivity index (χ3n) is 5.64. The van der Waals surface area contributed by atoms with Gasteiger partial charge in [-0.1, -0.05) is 12.1 Å². The minimum atomic E-state index is -1.75. The van der Waals surface area contributed by atoms with E-state index in [1.807, 2.05) is 0 Å². The first-order chi connectivity index (χ1) is 14.7. The summed E-state index contributed by atoms with van der Waals surface area (Å²) in [6, 6.07) is 7.14. The summed E-state index contributed by atoms with van der Waals surface area (Å²) in [5, 5.41) is 70.4. The molecule has 6 atom stereocenters. The van der Waals surface area contributed by atoms with Crippen LogP contribution in [0.5, 0.6) is 23.0 Å². The molecule has 0 bridgehead atoms. The standard InChI is InChI=1S/C21H22O10/c22-7-14-17(26)19(28)20(29)21(31-14)16-11(25)6-13-15(18(16)27)10(24)5-12(30-13)8-1-3-9(23)4-2-8/h1-4,6,12,14,17,19-23,25-29H,5,7H2/t12-,14+,17+,19-,20+,21-/m0/s1. The van der Waals surface area contributed by atoms with Crippen LogP contribution in [0.2, 0.25) is 0 Å². The molecule has 1 saturated heterocycles. The van der Waals surface area contributed by atoms with Gasteiger partial charge in [-0.2, -0.15) is 0 Å². The highest BCUT2D eigenvalue weighted by molar-refractivity contribution is 6.03. The highest BCUT2D eigenvalue weighted by atomic mass is 16.5. The molecule has 0 spiro atoms.